The number of pyridine rings is 1. The molecular formula is C14H20N2O4. The number of rotatable bonds is 7. The molecule has 0 spiro atoms. The van der Waals surface area contributed by atoms with Crippen molar-refractivity contribution in [3.05, 3.63) is 23.4 Å². The quantitative estimate of drug-likeness (QED) is 0.745. The van der Waals surface area contributed by atoms with Crippen LogP contribution >= 0.6 is 0 Å². The summed E-state index contributed by atoms with van der Waals surface area (Å²) < 4.78 is 4.64. The number of carbonyl (C=O) groups is 2. The zero-order valence-electron chi connectivity index (χ0n) is 12.0. The van der Waals surface area contributed by atoms with Gasteiger partial charge in [0.05, 0.1) is 18.4 Å². The number of carbonyl (C=O) groups excluding carboxylic acids is 1. The Labute approximate surface area is 118 Å². The van der Waals surface area contributed by atoms with Crippen molar-refractivity contribution in [1.82, 2.24) is 4.98 Å². The van der Waals surface area contributed by atoms with Crippen LogP contribution in [-0.4, -0.2) is 35.2 Å². The summed E-state index contributed by atoms with van der Waals surface area (Å²) in [6, 6.07) is 2.49. The molecule has 1 rings (SSSR count). The minimum atomic E-state index is -0.907. The standard InChI is InChI=1S/C14H20N2O4/c1-4-5-6-11(13(17)18)16-12-8-7-10(9(2)15-12)14(19)20-3/h7-8,11H,4-6H2,1-3H3,(H,15,16)(H,17,18). The fourth-order valence-corrected chi connectivity index (χ4v) is 1.81. The number of anilines is 1. The number of hydrogen-bond donors (Lipinski definition) is 2. The first-order valence-electron chi connectivity index (χ1n) is 6.54. The number of aromatic nitrogens is 1. The van der Waals surface area contributed by atoms with Gasteiger partial charge in [0, 0.05) is 0 Å². The Morgan fingerprint density at radius 2 is 2.15 bits per heavy atom. The van der Waals surface area contributed by atoms with Gasteiger partial charge in [-0.3, -0.25) is 0 Å². The number of methoxy groups -OCH3 is 1. The molecule has 1 unspecified atom stereocenters. The van der Waals surface area contributed by atoms with Crippen LogP contribution in [0.5, 0.6) is 0 Å². The second-order valence-electron chi connectivity index (χ2n) is 4.50. The second kappa shape index (κ2) is 7.47. The molecule has 1 heterocycles. The number of hydrogen-bond acceptors (Lipinski definition) is 5. The molecular weight excluding hydrogens is 260 g/mol. The van der Waals surface area contributed by atoms with E-state index in [4.69, 9.17) is 5.11 Å². The molecule has 1 atom stereocenters. The molecule has 6 heteroatoms. The van der Waals surface area contributed by atoms with Gasteiger partial charge < -0.3 is 15.2 Å². The predicted molar refractivity (Wildman–Crippen MR) is 74.9 cm³/mol. The Morgan fingerprint density at radius 1 is 1.45 bits per heavy atom. The molecule has 2 N–H and O–H groups in total. The van der Waals surface area contributed by atoms with Crippen molar-refractivity contribution in [3.63, 3.8) is 0 Å². The zero-order valence-corrected chi connectivity index (χ0v) is 12.0. The molecule has 0 fully saturated rings. The molecule has 0 aliphatic rings. The monoisotopic (exact) mass is 280 g/mol. The lowest BCUT2D eigenvalue weighted by Gasteiger charge is -2.15. The summed E-state index contributed by atoms with van der Waals surface area (Å²) in [5.74, 6) is -0.920. The largest absolute Gasteiger partial charge is 0.480 e. The molecule has 20 heavy (non-hydrogen) atoms. The minimum absolute atomic E-state index is 0.374. The van der Waals surface area contributed by atoms with Crippen molar-refractivity contribution in [2.45, 2.75) is 39.2 Å². The van der Waals surface area contributed by atoms with Crippen molar-refractivity contribution >= 4 is 17.8 Å². The number of aliphatic carboxylic acids is 1. The SMILES string of the molecule is CCCCC(Nc1ccc(C(=O)OC)c(C)n1)C(=O)O. The smallest absolute Gasteiger partial charge is 0.339 e. The van der Waals surface area contributed by atoms with Gasteiger partial charge in [0.15, 0.2) is 0 Å². The van der Waals surface area contributed by atoms with Gasteiger partial charge in [-0.1, -0.05) is 19.8 Å². The topological polar surface area (TPSA) is 88.5 Å². The molecule has 0 aliphatic heterocycles. The molecule has 0 radical (unpaired) electrons. The number of nitrogens with one attached hydrogen (secondary N) is 1. The first kappa shape index (κ1) is 15.9. The third-order valence-corrected chi connectivity index (χ3v) is 2.96. The summed E-state index contributed by atoms with van der Waals surface area (Å²) in [5.41, 5.74) is 0.875. The number of esters is 1. The average molecular weight is 280 g/mol. The minimum Gasteiger partial charge on any atom is -0.480 e. The highest BCUT2D eigenvalue weighted by atomic mass is 16.5. The van der Waals surface area contributed by atoms with Crippen LogP contribution in [0.25, 0.3) is 0 Å². The zero-order chi connectivity index (χ0) is 15.1. The fourth-order valence-electron chi connectivity index (χ4n) is 1.81. The molecule has 0 saturated carbocycles. The van der Waals surface area contributed by atoms with E-state index in [9.17, 15) is 9.59 Å². The van der Waals surface area contributed by atoms with Gasteiger partial charge in [0.1, 0.15) is 11.9 Å². The van der Waals surface area contributed by atoms with Crippen LogP contribution in [0.4, 0.5) is 5.82 Å². The number of carboxylic acid groups (broad SMARTS) is 1. The molecule has 0 aliphatic carbocycles. The van der Waals surface area contributed by atoms with Crippen molar-refractivity contribution < 1.29 is 19.4 Å². The summed E-state index contributed by atoms with van der Waals surface area (Å²) in [7, 11) is 1.30. The Bertz CT molecular complexity index is 488. The lowest BCUT2D eigenvalue weighted by molar-refractivity contribution is -0.138. The van der Waals surface area contributed by atoms with Gasteiger partial charge >= 0.3 is 11.9 Å². The van der Waals surface area contributed by atoms with E-state index in [1.54, 1.807) is 19.1 Å². The Kier molecular flexibility index (Phi) is 5.96. The lowest BCUT2D eigenvalue weighted by atomic mass is 10.1. The van der Waals surface area contributed by atoms with Gasteiger partial charge in [-0.25, -0.2) is 14.6 Å². The van der Waals surface area contributed by atoms with Gasteiger partial charge in [0.2, 0.25) is 0 Å². The summed E-state index contributed by atoms with van der Waals surface area (Å²) in [6.07, 6.45) is 2.29. The summed E-state index contributed by atoms with van der Waals surface area (Å²) in [6.45, 7) is 3.69. The number of nitrogens with zero attached hydrogens (tertiary/aromatic N) is 1. The fraction of sp³-hybridized carbons (Fsp3) is 0.500. The molecule has 0 amide bonds. The van der Waals surface area contributed by atoms with Gasteiger partial charge in [0.25, 0.3) is 0 Å². The molecule has 6 nitrogen and oxygen atoms in total. The molecule has 0 aromatic carbocycles. The second-order valence-corrected chi connectivity index (χ2v) is 4.50. The number of aryl methyl sites for hydroxylation is 1. The van der Waals surface area contributed by atoms with Crippen LogP contribution in [-0.2, 0) is 9.53 Å². The number of unbranched alkanes of at least 4 members (excludes halogenated alkanes) is 1. The Morgan fingerprint density at radius 3 is 2.65 bits per heavy atom. The van der Waals surface area contributed by atoms with E-state index in [0.29, 0.717) is 23.5 Å². The van der Waals surface area contributed by atoms with E-state index in [2.05, 4.69) is 15.0 Å². The van der Waals surface area contributed by atoms with Gasteiger partial charge in [-0.05, 0) is 25.5 Å². The van der Waals surface area contributed by atoms with Crippen LogP contribution < -0.4 is 5.32 Å². The van der Waals surface area contributed by atoms with Crippen LogP contribution in [0.2, 0.25) is 0 Å². The van der Waals surface area contributed by atoms with Crippen LogP contribution in [0.15, 0.2) is 12.1 Å². The Balaban J connectivity index is 2.84. The van der Waals surface area contributed by atoms with Crippen LogP contribution in [0.3, 0.4) is 0 Å². The summed E-state index contributed by atoms with van der Waals surface area (Å²) >= 11 is 0. The normalized spacial score (nSPS) is 11.8. The summed E-state index contributed by atoms with van der Waals surface area (Å²) in [4.78, 5) is 26.8. The van der Waals surface area contributed by atoms with Gasteiger partial charge in [-0.15, -0.1) is 0 Å². The average Bonchev–Trinajstić information content (AvgIpc) is 2.42. The highest BCUT2D eigenvalue weighted by Gasteiger charge is 2.18. The highest BCUT2D eigenvalue weighted by molar-refractivity contribution is 5.90. The lowest BCUT2D eigenvalue weighted by Crippen LogP contribution is -2.29. The van der Waals surface area contributed by atoms with E-state index in [-0.39, 0.29) is 0 Å². The van der Waals surface area contributed by atoms with E-state index < -0.39 is 18.0 Å². The maximum Gasteiger partial charge on any atom is 0.339 e. The van der Waals surface area contributed by atoms with Crippen molar-refractivity contribution in [3.8, 4) is 0 Å². The molecule has 0 saturated heterocycles. The van der Waals surface area contributed by atoms with E-state index in [1.807, 2.05) is 6.92 Å². The maximum absolute atomic E-state index is 11.4. The van der Waals surface area contributed by atoms with Gasteiger partial charge in [-0.2, -0.15) is 0 Å². The molecule has 0 bridgehead atoms. The molecule has 1 aromatic heterocycles. The van der Waals surface area contributed by atoms with E-state index in [0.717, 1.165) is 12.8 Å². The molecule has 1 aromatic rings. The number of carboxylic acids is 1. The van der Waals surface area contributed by atoms with Crippen molar-refractivity contribution in [2.75, 3.05) is 12.4 Å². The highest BCUT2D eigenvalue weighted by Crippen LogP contribution is 2.14. The van der Waals surface area contributed by atoms with Crippen molar-refractivity contribution in [1.29, 1.82) is 0 Å². The third-order valence-electron chi connectivity index (χ3n) is 2.96. The number of ether oxygens (including phenoxy) is 1. The van der Waals surface area contributed by atoms with Crippen molar-refractivity contribution in [2.24, 2.45) is 0 Å². The maximum atomic E-state index is 11.4. The summed E-state index contributed by atoms with van der Waals surface area (Å²) in [5, 5.41) is 12.0. The Hall–Kier alpha value is -2.11. The first-order chi connectivity index (χ1) is 9.49. The van der Waals surface area contributed by atoms with E-state index >= 15 is 0 Å². The third kappa shape index (κ3) is 4.22. The first-order valence-corrected chi connectivity index (χ1v) is 6.54. The van der Waals surface area contributed by atoms with Crippen LogP contribution in [0, 0.1) is 6.92 Å². The van der Waals surface area contributed by atoms with Crippen LogP contribution in [0.1, 0.15) is 42.2 Å². The predicted octanol–water partition coefficient (Wildman–Crippen LogP) is 2.23. The van der Waals surface area contributed by atoms with E-state index in [1.165, 1.54) is 7.11 Å². The molecule has 110 valence electrons.